The molecule has 2 rings (SSSR count). The molecule has 0 fully saturated rings. The average Bonchev–Trinajstić information content (AvgIpc) is 2.43. The van der Waals surface area contributed by atoms with Crippen molar-refractivity contribution in [2.24, 2.45) is 0 Å². The molecular weight excluding hydrogens is 280 g/mol. The SMILES string of the molecule is O=C(O)c1cc(Cl)ccc1Oc1ccc(CCO)cc1. The van der Waals surface area contributed by atoms with Crippen molar-refractivity contribution in [2.75, 3.05) is 6.61 Å². The van der Waals surface area contributed by atoms with E-state index in [9.17, 15) is 4.79 Å². The van der Waals surface area contributed by atoms with Crippen molar-refractivity contribution >= 4 is 17.6 Å². The first-order valence-electron chi connectivity index (χ1n) is 6.00. The summed E-state index contributed by atoms with van der Waals surface area (Å²) >= 11 is 5.78. The molecule has 0 spiro atoms. The average molecular weight is 293 g/mol. The molecule has 0 saturated carbocycles. The van der Waals surface area contributed by atoms with Crippen molar-refractivity contribution in [3.63, 3.8) is 0 Å². The number of hydrogen-bond acceptors (Lipinski definition) is 3. The Morgan fingerprint density at radius 3 is 2.45 bits per heavy atom. The van der Waals surface area contributed by atoms with Gasteiger partial charge in [-0.1, -0.05) is 23.7 Å². The Kier molecular flexibility index (Phi) is 4.61. The molecule has 2 N–H and O–H groups in total. The number of aromatic carboxylic acids is 1. The molecule has 0 aromatic heterocycles. The summed E-state index contributed by atoms with van der Waals surface area (Å²) in [6.07, 6.45) is 0.571. The van der Waals surface area contributed by atoms with Crippen LogP contribution in [0.1, 0.15) is 15.9 Å². The van der Waals surface area contributed by atoms with Gasteiger partial charge >= 0.3 is 5.97 Å². The summed E-state index contributed by atoms with van der Waals surface area (Å²) in [5, 5.41) is 18.3. The van der Waals surface area contributed by atoms with Gasteiger partial charge in [0.15, 0.2) is 0 Å². The van der Waals surface area contributed by atoms with Gasteiger partial charge in [-0.05, 0) is 42.3 Å². The summed E-state index contributed by atoms with van der Waals surface area (Å²) in [6, 6.07) is 11.5. The highest BCUT2D eigenvalue weighted by atomic mass is 35.5. The second-order valence-electron chi connectivity index (χ2n) is 4.17. The van der Waals surface area contributed by atoms with Crippen LogP contribution in [0.15, 0.2) is 42.5 Å². The first-order valence-corrected chi connectivity index (χ1v) is 6.38. The lowest BCUT2D eigenvalue weighted by molar-refractivity contribution is 0.0694. The van der Waals surface area contributed by atoms with E-state index < -0.39 is 5.97 Å². The summed E-state index contributed by atoms with van der Waals surface area (Å²) in [6.45, 7) is 0.0839. The predicted octanol–water partition coefficient (Wildman–Crippen LogP) is 3.37. The van der Waals surface area contributed by atoms with Gasteiger partial charge < -0.3 is 14.9 Å². The van der Waals surface area contributed by atoms with Gasteiger partial charge in [0, 0.05) is 11.6 Å². The molecule has 0 bridgehead atoms. The minimum Gasteiger partial charge on any atom is -0.478 e. The molecule has 0 aliphatic heterocycles. The van der Waals surface area contributed by atoms with E-state index in [-0.39, 0.29) is 17.9 Å². The van der Waals surface area contributed by atoms with Crippen molar-refractivity contribution in [1.29, 1.82) is 0 Å². The summed E-state index contributed by atoms with van der Waals surface area (Å²) in [4.78, 5) is 11.1. The van der Waals surface area contributed by atoms with E-state index in [1.54, 1.807) is 18.2 Å². The Labute approximate surface area is 121 Å². The second-order valence-corrected chi connectivity index (χ2v) is 4.60. The molecule has 0 aliphatic carbocycles. The van der Waals surface area contributed by atoms with Gasteiger partial charge in [0.05, 0.1) is 0 Å². The van der Waals surface area contributed by atoms with Crippen LogP contribution >= 0.6 is 11.6 Å². The molecule has 2 aromatic carbocycles. The fourth-order valence-corrected chi connectivity index (χ4v) is 1.91. The minimum atomic E-state index is -1.10. The lowest BCUT2D eigenvalue weighted by Gasteiger charge is -2.09. The normalized spacial score (nSPS) is 10.3. The van der Waals surface area contributed by atoms with Crippen LogP contribution in [0.3, 0.4) is 0 Å². The molecule has 5 heteroatoms. The van der Waals surface area contributed by atoms with Crippen LogP contribution in [0.25, 0.3) is 0 Å². The molecule has 0 radical (unpaired) electrons. The molecule has 0 unspecified atom stereocenters. The first kappa shape index (κ1) is 14.4. The third-order valence-corrected chi connectivity index (χ3v) is 2.96. The van der Waals surface area contributed by atoms with Crippen LogP contribution in [-0.4, -0.2) is 22.8 Å². The van der Waals surface area contributed by atoms with E-state index >= 15 is 0 Å². The Morgan fingerprint density at radius 2 is 1.85 bits per heavy atom. The van der Waals surface area contributed by atoms with Gasteiger partial charge in [0.25, 0.3) is 0 Å². The summed E-state index contributed by atoms with van der Waals surface area (Å²) in [5.74, 6) is -0.340. The van der Waals surface area contributed by atoms with Crippen molar-refractivity contribution in [2.45, 2.75) is 6.42 Å². The van der Waals surface area contributed by atoms with E-state index in [0.29, 0.717) is 17.2 Å². The van der Waals surface area contributed by atoms with Crippen molar-refractivity contribution in [1.82, 2.24) is 0 Å². The van der Waals surface area contributed by atoms with E-state index in [1.165, 1.54) is 12.1 Å². The van der Waals surface area contributed by atoms with E-state index in [4.69, 9.17) is 26.6 Å². The number of aliphatic hydroxyl groups excluding tert-OH is 1. The molecule has 0 heterocycles. The maximum Gasteiger partial charge on any atom is 0.339 e. The van der Waals surface area contributed by atoms with Crippen molar-refractivity contribution < 1.29 is 19.7 Å². The van der Waals surface area contributed by atoms with Crippen LogP contribution in [0, 0.1) is 0 Å². The van der Waals surface area contributed by atoms with Crippen molar-refractivity contribution in [3.05, 3.63) is 58.6 Å². The number of ether oxygens (including phenoxy) is 1. The van der Waals surface area contributed by atoms with Crippen LogP contribution in [0.2, 0.25) is 5.02 Å². The third-order valence-electron chi connectivity index (χ3n) is 2.72. The zero-order valence-corrected chi connectivity index (χ0v) is 11.3. The van der Waals surface area contributed by atoms with Gasteiger partial charge in [-0.15, -0.1) is 0 Å². The summed E-state index contributed by atoms with van der Waals surface area (Å²) in [5.41, 5.74) is 0.992. The topological polar surface area (TPSA) is 66.8 Å². The summed E-state index contributed by atoms with van der Waals surface area (Å²) in [7, 11) is 0. The maximum atomic E-state index is 11.1. The number of benzene rings is 2. The third kappa shape index (κ3) is 3.50. The predicted molar refractivity (Wildman–Crippen MR) is 75.7 cm³/mol. The number of carbonyl (C=O) groups is 1. The Balaban J connectivity index is 2.23. The van der Waals surface area contributed by atoms with Crippen molar-refractivity contribution in [3.8, 4) is 11.5 Å². The summed E-state index contributed by atoms with van der Waals surface area (Å²) < 4.78 is 5.56. The largest absolute Gasteiger partial charge is 0.478 e. The van der Waals surface area contributed by atoms with Gasteiger partial charge in [0.1, 0.15) is 17.1 Å². The Hall–Kier alpha value is -2.04. The highest BCUT2D eigenvalue weighted by molar-refractivity contribution is 6.31. The molecule has 4 nitrogen and oxygen atoms in total. The van der Waals surface area contributed by atoms with Gasteiger partial charge in [-0.3, -0.25) is 0 Å². The first-order chi connectivity index (χ1) is 9.60. The fourth-order valence-electron chi connectivity index (χ4n) is 1.74. The fraction of sp³-hybridized carbons (Fsp3) is 0.133. The van der Waals surface area contributed by atoms with Gasteiger partial charge in [0.2, 0.25) is 0 Å². The monoisotopic (exact) mass is 292 g/mol. The molecule has 0 atom stereocenters. The Morgan fingerprint density at radius 1 is 1.15 bits per heavy atom. The maximum absolute atomic E-state index is 11.1. The number of hydrogen-bond donors (Lipinski definition) is 2. The molecule has 104 valence electrons. The Bertz CT molecular complexity index is 608. The highest BCUT2D eigenvalue weighted by Gasteiger charge is 2.12. The number of halogens is 1. The molecule has 0 aliphatic rings. The number of aliphatic hydroxyl groups is 1. The quantitative estimate of drug-likeness (QED) is 0.887. The van der Waals surface area contributed by atoms with E-state index in [2.05, 4.69) is 0 Å². The van der Waals surface area contributed by atoms with Gasteiger partial charge in [-0.2, -0.15) is 0 Å². The number of rotatable bonds is 5. The molecular formula is C15H13ClO4. The zero-order chi connectivity index (χ0) is 14.5. The van der Waals surface area contributed by atoms with Crippen LogP contribution in [0.4, 0.5) is 0 Å². The van der Waals surface area contributed by atoms with Gasteiger partial charge in [-0.25, -0.2) is 4.79 Å². The number of carboxylic acids is 1. The second kappa shape index (κ2) is 6.41. The lowest BCUT2D eigenvalue weighted by Crippen LogP contribution is -2.00. The van der Waals surface area contributed by atoms with Crippen LogP contribution in [0.5, 0.6) is 11.5 Å². The lowest BCUT2D eigenvalue weighted by atomic mass is 10.1. The standard InChI is InChI=1S/C15H13ClO4/c16-11-3-6-14(13(9-11)15(18)19)20-12-4-1-10(2-5-12)7-8-17/h1-6,9,17H,7-8H2,(H,18,19). The van der Waals surface area contributed by atoms with Crippen LogP contribution < -0.4 is 4.74 Å². The highest BCUT2D eigenvalue weighted by Crippen LogP contribution is 2.28. The zero-order valence-electron chi connectivity index (χ0n) is 10.5. The molecule has 0 saturated heterocycles. The van der Waals surface area contributed by atoms with E-state index in [1.807, 2.05) is 12.1 Å². The molecule has 0 amide bonds. The van der Waals surface area contributed by atoms with E-state index in [0.717, 1.165) is 5.56 Å². The van der Waals surface area contributed by atoms with Crippen LogP contribution in [-0.2, 0) is 6.42 Å². The minimum absolute atomic E-state index is 0.0111. The molecule has 2 aromatic rings. The molecule has 20 heavy (non-hydrogen) atoms. The number of carboxylic acid groups (broad SMARTS) is 1. The smallest absolute Gasteiger partial charge is 0.339 e.